The fourth-order valence-corrected chi connectivity index (χ4v) is 2.43. The van der Waals surface area contributed by atoms with Crippen LogP contribution < -0.4 is 0 Å². The predicted molar refractivity (Wildman–Crippen MR) is 73.3 cm³/mol. The van der Waals surface area contributed by atoms with Gasteiger partial charge in [0.15, 0.2) is 5.82 Å². The van der Waals surface area contributed by atoms with Crippen LogP contribution in [-0.4, -0.2) is 38.7 Å². The van der Waals surface area contributed by atoms with E-state index in [0.29, 0.717) is 24.7 Å². The molecule has 1 fully saturated rings. The Hall–Kier alpha value is -1.43. The molecular formula is C14H23N3O3. The van der Waals surface area contributed by atoms with Gasteiger partial charge in [0.25, 0.3) is 0 Å². The number of likely N-dealkylation sites (tertiary alicyclic amines) is 1. The van der Waals surface area contributed by atoms with Gasteiger partial charge in [-0.1, -0.05) is 38.8 Å². The summed E-state index contributed by atoms with van der Waals surface area (Å²) in [4.78, 5) is 17.7. The number of hydrogen-bond acceptors (Lipinski definition) is 5. The molecule has 0 bridgehead atoms. The van der Waals surface area contributed by atoms with Crippen LogP contribution in [0.5, 0.6) is 0 Å². The maximum absolute atomic E-state index is 11.4. The summed E-state index contributed by atoms with van der Waals surface area (Å²) in [6.45, 7) is 7.25. The van der Waals surface area contributed by atoms with Crippen LogP contribution in [0.1, 0.15) is 58.2 Å². The zero-order valence-electron chi connectivity index (χ0n) is 12.4. The Morgan fingerprint density at radius 1 is 1.40 bits per heavy atom. The van der Waals surface area contributed by atoms with E-state index < -0.39 is 12.0 Å². The number of aromatic nitrogens is 2. The molecular weight excluding hydrogens is 258 g/mol. The molecule has 1 aromatic heterocycles. The molecule has 0 spiro atoms. The van der Waals surface area contributed by atoms with Gasteiger partial charge in [-0.25, -0.2) is 0 Å². The van der Waals surface area contributed by atoms with E-state index in [4.69, 9.17) is 4.52 Å². The zero-order valence-corrected chi connectivity index (χ0v) is 12.4. The summed E-state index contributed by atoms with van der Waals surface area (Å²) in [6, 6.07) is -0.442. The fourth-order valence-electron chi connectivity index (χ4n) is 2.43. The Morgan fingerprint density at radius 2 is 2.15 bits per heavy atom. The minimum atomic E-state index is -0.762. The zero-order chi connectivity index (χ0) is 14.8. The number of nitrogens with zero attached hydrogens (tertiary/aromatic N) is 3. The van der Waals surface area contributed by atoms with Crippen LogP contribution in [-0.2, 0) is 16.8 Å². The summed E-state index contributed by atoms with van der Waals surface area (Å²) in [6.07, 6.45) is 3.75. The molecule has 0 aromatic carbocycles. The van der Waals surface area contributed by atoms with Gasteiger partial charge < -0.3 is 9.63 Å². The first-order chi connectivity index (χ1) is 9.38. The standard InChI is InChI=1S/C14H23N3O3/c1-14(2,3)13-15-11(20-16-13)9-17-8-6-4-5-7-10(17)12(18)19/h10H,4-9H2,1-3H3,(H,18,19). The summed E-state index contributed by atoms with van der Waals surface area (Å²) in [5.41, 5.74) is -0.160. The van der Waals surface area contributed by atoms with Crippen LogP contribution >= 0.6 is 0 Å². The normalized spacial score (nSPS) is 21.6. The Morgan fingerprint density at radius 3 is 2.75 bits per heavy atom. The van der Waals surface area contributed by atoms with Gasteiger partial charge in [-0.15, -0.1) is 0 Å². The predicted octanol–water partition coefficient (Wildman–Crippen LogP) is 2.20. The number of hydrogen-bond donors (Lipinski definition) is 1. The lowest BCUT2D eigenvalue weighted by atomic mass is 9.96. The van der Waals surface area contributed by atoms with Crippen molar-refractivity contribution < 1.29 is 14.4 Å². The van der Waals surface area contributed by atoms with Crippen LogP contribution in [0.3, 0.4) is 0 Å². The molecule has 0 saturated carbocycles. The highest BCUT2D eigenvalue weighted by Crippen LogP contribution is 2.22. The molecule has 6 heteroatoms. The highest BCUT2D eigenvalue weighted by molar-refractivity contribution is 5.73. The van der Waals surface area contributed by atoms with Gasteiger partial charge >= 0.3 is 5.97 Å². The molecule has 1 unspecified atom stereocenters. The minimum Gasteiger partial charge on any atom is -0.480 e. The Labute approximate surface area is 119 Å². The van der Waals surface area contributed by atoms with E-state index in [-0.39, 0.29) is 5.41 Å². The number of carbonyl (C=O) groups is 1. The molecule has 0 aliphatic carbocycles. The first kappa shape index (κ1) is 15.0. The molecule has 20 heavy (non-hydrogen) atoms. The summed E-state index contributed by atoms with van der Waals surface area (Å²) in [5.74, 6) is 0.403. The van der Waals surface area contributed by atoms with Crippen molar-refractivity contribution in [2.75, 3.05) is 6.54 Å². The molecule has 1 aliphatic heterocycles. The number of aliphatic carboxylic acids is 1. The quantitative estimate of drug-likeness (QED) is 0.915. The smallest absolute Gasteiger partial charge is 0.320 e. The summed E-state index contributed by atoms with van der Waals surface area (Å²) in [5, 5.41) is 13.3. The second-order valence-electron chi connectivity index (χ2n) is 6.44. The molecule has 112 valence electrons. The third-order valence-electron chi connectivity index (χ3n) is 3.63. The Bertz CT molecular complexity index is 464. The average molecular weight is 281 g/mol. The van der Waals surface area contributed by atoms with E-state index in [2.05, 4.69) is 10.1 Å². The molecule has 0 radical (unpaired) electrons. The van der Waals surface area contributed by atoms with E-state index in [1.807, 2.05) is 25.7 Å². The van der Waals surface area contributed by atoms with E-state index in [9.17, 15) is 9.90 Å². The molecule has 1 aromatic rings. The molecule has 1 N–H and O–H groups in total. The summed E-state index contributed by atoms with van der Waals surface area (Å²) in [7, 11) is 0. The van der Waals surface area contributed by atoms with E-state index in [1.165, 1.54) is 0 Å². The topological polar surface area (TPSA) is 79.5 Å². The average Bonchev–Trinajstić information content (AvgIpc) is 2.68. The lowest BCUT2D eigenvalue weighted by Crippen LogP contribution is -2.40. The van der Waals surface area contributed by atoms with Crippen molar-refractivity contribution in [2.45, 2.75) is 64.5 Å². The van der Waals surface area contributed by atoms with Crippen molar-refractivity contribution in [3.63, 3.8) is 0 Å². The van der Waals surface area contributed by atoms with Crippen molar-refractivity contribution in [2.24, 2.45) is 0 Å². The first-order valence-corrected chi connectivity index (χ1v) is 7.18. The molecule has 0 amide bonds. The van der Waals surface area contributed by atoms with Crippen LogP contribution in [0.25, 0.3) is 0 Å². The van der Waals surface area contributed by atoms with Crippen molar-refractivity contribution in [1.82, 2.24) is 15.0 Å². The lowest BCUT2D eigenvalue weighted by molar-refractivity contribution is -0.143. The second kappa shape index (κ2) is 5.91. The van der Waals surface area contributed by atoms with Crippen LogP contribution in [0.4, 0.5) is 0 Å². The largest absolute Gasteiger partial charge is 0.480 e. The fraction of sp³-hybridized carbons (Fsp3) is 0.786. The van der Waals surface area contributed by atoms with E-state index >= 15 is 0 Å². The van der Waals surface area contributed by atoms with E-state index in [0.717, 1.165) is 25.8 Å². The summed E-state index contributed by atoms with van der Waals surface area (Å²) < 4.78 is 5.27. The number of rotatable bonds is 3. The first-order valence-electron chi connectivity index (χ1n) is 7.18. The highest BCUT2D eigenvalue weighted by Gasteiger charge is 2.29. The van der Waals surface area contributed by atoms with Crippen molar-refractivity contribution in [3.05, 3.63) is 11.7 Å². The summed E-state index contributed by atoms with van der Waals surface area (Å²) >= 11 is 0. The van der Waals surface area contributed by atoms with Crippen molar-refractivity contribution in [1.29, 1.82) is 0 Å². The molecule has 1 saturated heterocycles. The van der Waals surface area contributed by atoms with Crippen LogP contribution in [0.2, 0.25) is 0 Å². The highest BCUT2D eigenvalue weighted by atomic mass is 16.5. The minimum absolute atomic E-state index is 0.160. The van der Waals surface area contributed by atoms with Crippen LogP contribution in [0, 0.1) is 0 Å². The Balaban J connectivity index is 2.10. The van der Waals surface area contributed by atoms with Gasteiger partial charge in [0.1, 0.15) is 6.04 Å². The SMILES string of the molecule is CC(C)(C)c1noc(CN2CCCCCC2C(=O)O)n1. The molecule has 2 rings (SSSR count). The van der Waals surface area contributed by atoms with Crippen molar-refractivity contribution in [3.8, 4) is 0 Å². The number of carboxylic acids is 1. The molecule has 1 atom stereocenters. The van der Waals surface area contributed by atoms with Crippen LogP contribution in [0.15, 0.2) is 4.52 Å². The maximum Gasteiger partial charge on any atom is 0.320 e. The van der Waals surface area contributed by atoms with E-state index in [1.54, 1.807) is 0 Å². The van der Waals surface area contributed by atoms with Gasteiger partial charge in [-0.2, -0.15) is 4.98 Å². The maximum atomic E-state index is 11.4. The molecule has 1 aliphatic rings. The van der Waals surface area contributed by atoms with Gasteiger partial charge in [0.05, 0.1) is 6.54 Å². The third-order valence-corrected chi connectivity index (χ3v) is 3.63. The van der Waals surface area contributed by atoms with Gasteiger partial charge in [0, 0.05) is 5.41 Å². The monoisotopic (exact) mass is 281 g/mol. The molecule has 2 heterocycles. The second-order valence-corrected chi connectivity index (χ2v) is 6.44. The van der Waals surface area contributed by atoms with Gasteiger partial charge in [0.2, 0.25) is 5.89 Å². The van der Waals surface area contributed by atoms with Gasteiger partial charge in [-0.3, -0.25) is 9.69 Å². The third kappa shape index (κ3) is 3.56. The molecule has 6 nitrogen and oxygen atoms in total. The lowest BCUT2D eigenvalue weighted by Gasteiger charge is -2.24. The van der Waals surface area contributed by atoms with Crippen molar-refractivity contribution >= 4 is 5.97 Å². The number of carboxylic acid groups (broad SMARTS) is 1. The van der Waals surface area contributed by atoms with Gasteiger partial charge in [-0.05, 0) is 19.4 Å². The Kier molecular flexibility index (Phi) is 4.42.